The van der Waals surface area contributed by atoms with E-state index < -0.39 is 11.2 Å². The summed E-state index contributed by atoms with van der Waals surface area (Å²) >= 11 is 1.18. The second-order valence-corrected chi connectivity index (χ2v) is 9.31. The lowest BCUT2D eigenvalue weighted by Crippen LogP contribution is -2.27. The fourth-order valence-corrected chi connectivity index (χ4v) is 5.28. The number of rotatable bonds is 8. The first kappa shape index (κ1) is 23.6. The third-order valence-corrected chi connectivity index (χ3v) is 6.88. The number of pyridine rings is 1. The summed E-state index contributed by atoms with van der Waals surface area (Å²) in [5, 5.41) is 19.6. The first-order valence-corrected chi connectivity index (χ1v) is 11.5. The smallest absolute Gasteiger partial charge is 0.235 e. The highest BCUT2D eigenvalue weighted by Crippen LogP contribution is 2.40. The Balaban J connectivity index is 2.06. The van der Waals surface area contributed by atoms with Crippen molar-refractivity contribution in [1.29, 1.82) is 10.5 Å². The Hall–Kier alpha value is -3.07. The van der Waals surface area contributed by atoms with Crippen molar-refractivity contribution in [2.45, 2.75) is 30.0 Å². The molecule has 2 heterocycles. The molecule has 0 aliphatic carbocycles. The normalized spacial score (nSPS) is 16.6. The van der Waals surface area contributed by atoms with Crippen LogP contribution in [0.4, 0.5) is 5.82 Å². The van der Waals surface area contributed by atoms with Gasteiger partial charge in [-0.05, 0) is 44.0 Å². The minimum absolute atomic E-state index is 0.351. The molecule has 0 saturated carbocycles. The molecule has 166 valence electrons. The van der Waals surface area contributed by atoms with Crippen LogP contribution in [0.25, 0.3) is 0 Å². The van der Waals surface area contributed by atoms with E-state index in [0.717, 1.165) is 31.6 Å². The van der Waals surface area contributed by atoms with E-state index in [4.69, 9.17) is 10.7 Å². The SMILES string of the molecule is CCc1c(C#N)c(SC(C(N)=O)c2ccccc2)nc(N2CCC(CN(C)C)C2)c1C#N. The van der Waals surface area contributed by atoms with Gasteiger partial charge in [0, 0.05) is 19.6 Å². The number of hydrogen-bond donors (Lipinski definition) is 1. The number of benzene rings is 1. The highest BCUT2D eigenvalue weighted by molar-refractivity contribution is 8.00. The summed E-state index contributed by atoms with van der Waals surface area (Å²) in [6.07, 6.45) is 1.54. The van der Waals surface area contributed by atoms with Crippen LogP contribution in [0.15, 0.2) is 35.4 Å². The van der Waals surface area contributed by atoms with Crippen LogP contribution >= 0.6 is 11.8 Å². The first-order chi connectivity index (χ1) is 15.4. The van der Waals surface area contributed by atoms with Gasteiger partial charge < -0.3 is 15.5 Å². The van der Waals surface area contributed by atoms with Crippen molar-refractivity contribution in [1.82, 2.24) is 9.88 Å². The first-order valence-electron chi connectivity index (χ1n) is 10.7. The molecule has 2 atom stereocenters. The molecule has 2 aromatic rings. The molecule has 1 saturated heterocycles. The maximum Gasteiger partial charge on any atom is 0.235 e. The number of hydrogen-bond acceptors (Lipinski definition) is 7. The van der Waals surface area contributed by atoms with E-state index in [1.807, 2.05) is 37.3 Å². The average molecular weight is 449 g/mol. The molecule has 1 aromatic carbocycles. The zero-order valence-corrected chi connectivity index (χ0v) is 19.5. The van der Waals surface area contributed by atoms with Gasteiger partial charge in [-0.1, -0.05) is 49.0 Å². The monoisotopic (exact) mass is 448 g/mol. The molecular weight excluding hydrogens is 420 g/mol. The molecule has 8 heteroatoms. The summed E-state index contributed by atoms with van der Waals surface area (Å²) in [6.45, 7) is 4.50. The second-order valence-electron chi connectivity index (χ2n) is 8.22. The summed E-state index contributed by atoms with van der Waals surface area (Å²) in [6, 6.07) is 13.8. The van der Waals surface area contributed by atoms with E-state index in [1.54, 1.807) is 0 Å². The number of thioether (sulfide) groups is 1. The number of nitrogens with two attached hydrogens (primary N) is 1. The van der Waals surface area contributed by atoms with Crippen molar-refractivity contribution in [2.75, 3.05) is 38.6 Å². The highest BCUT2D eigenvalue weighted by Gasteiger charge is 2.30. The summed E-state index contributed by atoms with van der Waals surface area (Å²) < 4.78 is 0. The number of carbonyl (C=O) groups excluding carboxylic acids is 1. The van der Waals surface area contributed by atoms with Crippen molar-refractivity contribution in [2.24, 2.45) is 11.7 Å². The van der Waals surface area contributed by atoms with Crippen molar-refractivity contribution < 1.29 is 4.79 Å². The largest absolute Gasteiger partial charge is 0.368 e. The number of carbonyl (C=O) groups is 1. The summed E-state index contributed by atoms with van der Waals surface area (Å²) in [7, 11) is 4.11. The van der Waals surface area contributed by atoms with Crippen LogP contribution in [0.2, 0.25) is 0 Å². The number of anilines is 1. The topological polar surface area (TPSA) is 110 Å². The van der Waals surface area contributed by atoms with Crippen LogP contribution in [-0.2, 0) is 11.2 Å². The van der Waals surface area contributed by atoms with Crippen LogP contribution < -0.4 is 10.6 Å². The summed E-state index contributed by atoms with van der Waals surface area (Å²) in [5.74, 6) is 0.587. The van der Waals surface area contributed by atoms with Gasteiger partial charge in [-0.25, -0.2) is 4.98 Å². The van der Waals surface area contributed by atoms with Gasteiger partial charge >= 0.3 is 0 Å². The van der Waals surface area contributed by atoms with Crippen LogP contribution in [0.3, 0.4) is 0 Å². The fourth-order valence-electron chi connectivity index (χ4n) is 4.22. The molecule has 1 aliphatic rings. The maximum absolute atomic E-state index is 12.3. The minimum atomic E-state index is -0.679. The number of nitriles is 2. The quantitative estimate of drug-likeness (QED) is 0.618. The molecule has 1 aromatic heterocycles. The molecule has 32 heavy (non-hydrogen) atoms. The van der Waals surface area contributed by atoms with Gasteiger partial charge in [-0.2, -0.15) is 10.5 Å². The zero-order chi connectivity index (χ0) is 23.3. The van der Waals surface area contributed by atoms with Gasteiger partial charge in [0.1, 0.15) is 28.2 Å². The lowest BCUT2D eigenvalue weighted by molar-refractivity contribution is -0.117. The van der Waals surface area contributed by atoms with E-state index in [1.165, 1.54) is 11.8 Å². The van der Waals surface area contributed by atoms with Crippen molar-refractivity contribution >= 4 is 23.5 Å². The highest BCUT2D eigenvalue weighted by atomic mass is 32.2. The van der Waals surface area contributed by atoms with Crippen LogP contribution in [0.1, 0.15) is 40.8 Å². The molecule has 0 spiro atoms. The van der Waals surface area contributed by atoms with Crippen molar-refractivity contribution in [3.63, 3.8) is 0 Å². The predicted octanol–water partition coefficient (Wildman–Crippen LogP) is 3.09. The average Bonchev–Trinajstić information content (AvgIpc) is 3.24. The van der Waals surface area contributed by atoms with Crippen LogP contribution in [-0.4, -0.2) is 49.5 Å². The Labute approximate surface area is 193 Å². The Morgan fingerprint density at radius 2 is 1.97 bits per heavy atom. The molecule has 7 nitrogen and oxygen atoms in total. The molecule has 2 unspecified atom stereocenters. The molecular formula is C24H28N6OS. The standard InChI is InChI=1S/C24H28N6OS/c1-4-18-19(12-25)23(30-11-10-16(15-30)14-29(2)3)28-24(20(18)13-26)32-21(22(27)31)17-8-6-5-7-9-17/h5-9,16,21H,4,10-11,14-15H2,1-3H3,(H2,27,31). The van der Waals surface area contributed by atoms with E-state index >= 15 is 0 Å². The summed E-state index contributed by atoms with van der Waals surface area (Å²) in [5.41, 5.74) is 7.96. The molecule has 2 N–H and O–H groups in total. The van der Waals surface area contributed by atoms with Crippen molar-refractivity contribution in [3.05, 3.63) is 52.6 Å². The minimum Gasteiger partial charge on any atom is -0.368 e. The Morgan fingerprint density at radius 1 is 1.28 bits per heavy atom. The zero-order valence-electron chi connectivity index (χ0n) is 18.7. The molecule has 1 aliphatic heterocycles. The third kappa shape index (κ3) is 5.04. The van der Waals surface area contributed by atoms with E-state index in [0.29, 0.717) is 39.9 Å². The lowest BCUT2D eigenvalue weighted by atomic mass is 10.0. The second kappa shape index (κ2) is 10.5. The van der Waals surface area contributed by atoms with Crippen LogP contribution in [0, 0.1) is 28.6 Å². The number of primary amides is 1. The third-order valence-electron chi connectivity index (χ3n) is 5.62. The van der Waals surface area contributed by atoms with Gasteiger partial charge in [0.2, 0.25) is 5.91 Å². The van der Waals surface area contributed by atoms with Gasteiger partial charge in [0.25, 0.3) is 0 Å². The number of aromatic nitrogens is 1. The predicted molar refractivity (Wildman–Crippen MR) is 126 cm³/mol. The molecule has 1 fully saturated rings. The van der Waals surface area contributed by atoms with Gasteiger partial charge in [0.05, 0.1) is 11.1 Å². The summed E-state index contributed by atoms with van der Waals surface area (Å²) in [4.78, 5) is 21.4. The Bertz CT molecular complexity index is 1060. The fraction of sp³-hybridized carbons (Fsp3) is 0.417. The van der Waals surface area contributed by atoms with Gasteiger partial charge in [-0.3, -0.25) is 4.79 Å². The Kier molecular flexibility index (Phi) is 7.74. The van der Waals surface area contributed by atoms with E-state index in [9.17, 15) is 15.3 Å². The lowest BCUT2D eigenvalue weighted by Gasteiger charge is -2.23. The number of nitrogens with zero attached hydrogens (tertiary/aromatic N) is 5. The van der Waals surface area contributed by atoms with Gasteiger partial charge in [-0.15, -0.1) is 0 Å². The van der Waals surface area contributed by atoms with Gasteiger partial charge in [0.15, 0.2) is 0 Å². The molecule has 1 amide bonds. The Morgan fingerprint density at radius 3 is 2.53 bits per heavy atom. The van der Waals surface area contributed by atoms with Crippen LogP contribution in [0.5, 0.6) is 0 Å². The molecule has 0 bridgehead atoms. The van der Waals surface area contributed by atoms with E-state index in [-0.39, 0.29) is 0 Å². The number of amides is 1. The van der Waals surface area contributed by atoms with E-state index in [2.05, 4.69) is 36.0 Å². The molecule has 0 radical (unpaired) electrons. The van der Waals surface area contributed by atoms with Crippen molar-refractivity contribution in [3.8, 4) is 12.1 Å². The maximum atomic E-state index is 12.3. The molecule has 3 rings (SSSR count).